The van der Waals surface area contributed by atoms with Gasteiger partial charge in [0.05, 0.1) is 31.9 Å². The molecule has 1 fully saturated rings. The van der Waals surface area contributed by atoms with E-state index in [0.717, 1.165) is 18.5 Å². The Morgan fingerprint density at radius 3 is 2.84 bits per heavy atom. The van der Waals surface area contributed by atoms with Crippen LogP contribution in [0.3, 0.4) is 0 Å². The number of carbonyl (C=O) groups excluding carboxylic acids is 2. The number of likely N-dealkylation sites (tertiary alicyclic amines) is 1. The maximum absolute atomic E-state index is 12.8. The van der Waals surface area contributed by atoms with Gasteiger partial charge >= 0.3 is 0 Å². The summed E-state index contributed by atoms with van der Waals surface area (Å²) >= 11 is 0. The van der Waals surface area contributed by atoms with Crippen molar-refractivity contribution in [3.8, 4) is 0 Å². The predicted molar refractivity (Wildman–Crippen MR) is 112 cm³/mol. The number of carbonyl (C=O) groups is 2. The van der Waals surface area contributed by atoms with Crippen molar-refractivity contribution in [1.82, 2.24) is 30.4 Å². The number of rotatable bonds is 4. The van der Waals surface area contributed by atoms with Crippen LogP contribution in [0.4, 0.5) is 0 Å². The molecule has 0 saturated carbocycles. The molecule has 1 unspecified atom stereocenters. The van der Waals surface area contributed by atoms with Gasteiger partial charge in [0.25, 0.3) is 11.8 Å². The Hall–Kier alpha value is -3.53. The van der Waals surface area contributed by atoms with Crippen molar-refractivity contribution < 1.29 is 18.8 Å². The third-order valence-electron chi connectivity index (χ3n) is 6.00. The predicted octanol–water partition coefficient (Wildman–Crippen LogP) is 1.71. The van der Waals surface area contributed by atoms with Gasteiger partial charge in [-0.1, -0.05) is 28.6 Å². The number of hydrogen-bond donors (Lipinski definition) is 1. The molecule has 2 amide bonds. The van der Waals surface area contributed by atoms with E-state index >= 15 is 0 Å². The van der Waals surface area contributed by atoms with Gasteiger partial charge in [0, 0.05) is 18.2 Å². The fraction of sp³-hybridized carbons (Fsp3) is 0.409. The Kier molecular flexibility index (Phi) is 5.22. The van der Waals surface area contributed by atoms with Gasteiger partial charge < -0.3 is 19.5 Å². The minimum Gasteiger partial charge on any atom is -0.365 e. The molecule has 32 heavy (non-hydrogen) atoms. The van der Waals surface area contributed by atoms with Crippen LogP contribution in [0.25, 0.3) is 0 Å². The molecule has 3 aromatic rings. The highest BCUT2D eigenvalue weighted by Crippen LogP contribution is 2.33. The summed E-state index contributed by atoms with van der Waals surface area (Å²) in [7, 11) is 0. The lowest BCUT2D eigenvalue weighted by molar-refractivity contribution is -0.122. The number of piperidine rings is 1. The monoisotopic (exact) mass is 436 g/mol. The van der Waals surface area contributed by atoms with Gasteiger partial charge in [0.15, 0.2) is 5.69 Å². The van der Waals surface area contributed by atoms with E-state index in [2.05, 4.69) is 20.8 Å². The molecule has 10 heteroatoms. The van der Waals surface area contributed by atoms with Crippen molar-refractivity contribution in [3.63, 3.8) is 0 Å². The van der Waals surface area contributed by atoms with E-state index < -0.39 is 5.60 Å². The summed E-state index contributed by atoms with van der Waals surface area (Å²) in [5.41, 5.74) is 1.93. The SMILES string of the molecule is Cc1cc(C(=O)N2CCCC3(C2)Cn2nnc(CNC(=O)c4ccccc4)c2CO3)no1. The Bertz CT molecular complexity index is 1140. The maximum Gasteiger partial charge on any atom is 0.276 e. The molecule has 1 saturated heterocycles. The van der Waals surface area contributed by atoms with Crippen molar-refractivity contribution in [1.29, 1.82) is 0 Å². The smallest absolute Gasteiger partial charge is 0.276 e. The topological polar surface area (TPSA) is 115 Å². The van der Waals surface area contributed by atoms with Gasteiger partial charge in [0.1, 0.15) is 17.1 Å². The molecular weight excluding hydrogens is 412 g/mol. The summed E-state index contributed by atoms with van der Waals surface area (Å²) in [6, 6.07) is 10.7. The van der Waals surface area contributed by atoms with Crippen molar-refractivity contribution >= 4 is 11.8 Å². The van der Waals surface area contributed by atoms with Gasteiger partial charge in [-0.15, -0.1) is 5.10 Å². The summed E-state index contributed by atoms with van der Waals surface area (Å²) in [4.78, 5) is 26.9. The number of aryl methyl sites for hydroxylation is 1. The second-order valence-electron chi connectivity index (χ2n) is 8.31. The van der Waals surface area contributed by atoms with Gasteiger partial charge in [-0.25, -0.2) is 4.68 Å². The average Bonchev–Trinajstić information content (AvgIpc) is 3.43. The molecule has 1 spiro atoms. The standard InChI is InChI=1S/C22H24N6O4/c1-15-10-17(25-32-15)21(30)27-9-5-8-22(13-27)14-28-19(12-31-22)18(24-26-28)11-23-20(29)16-6-3-2-4-7-16/h2-4,6-7,10H,5,8-9,11-14H2,1H3,(H,23,29). The van der Waals surface area contributed by atoms with Crippen LogP contribution >= 0.6 is 0 Å². The molecule has 2 aromatic heterocycles. The molecule has 5 rings (SSSR count). The molecule has 0 bridgehead atoms. The normalized spacial score (nSPS) is 20.2. The maximum atomic E-state index is 12.8. The molecule has 1 N–H and O–H groups in total. The quantitative estimate of drug-likeness (QED) is 0.662. The Labute approximate surface area is 184 Å². The number of hydrogen-bond acceptors (Lipinski definition) is 7. The zero-order valence-electron chi connectivity index (χ0n) is 17.8. The lowest BCUT2D eigenvalue weighted by Crippen LogP contribution is -2.55. The number of benzene rings is 1. The van der Waals surface area contributed by atoms with Crippen LogP contribution in [-0.2, 0) is 24.4 Å². The summed E-state index contributed by atoms with van der Waals surface area (Å²) in [6.07, 6.45) is 1.65. The Morgan fingerprint density at radius 2 is 2.06 bits per heavy atom. The first-order chi connectivity index (χ1) is 15.5. The minimum absolute atomic E-state index is 0.154. The minimum atomic E-state index is -0.516. The first kappa shape index (κ1) is 20.4. The summed E-state index contributed by atoms with van der Waals surface area (Å²) in [5.74, 6) is 0.288. The van der Waals surface area contributed by atoms with E-state index in [-0.39, 0.29) is 18.4 Å². The molecule has 10 nitrogen and oxygen atoms in total. The summed E-state index contributed by atoms with van der Waals surface area (Å²) in [6.45, 7) is 3.97. The highest BCUT2D eigenvalue weighted by Gasteiger charge is 2.43. The third kappa shape index (κ3) is 3.89. The number of amides is 2. The summed E-state index contributed by atoms with van der Waals surface area (Å²) in [5, 5.41) is 15.3. The fourth-order valence-corrected chi connectivity index (χ4v) is 4.33. The Balaban J connectivity index is 1.25. The van der Waals surface area contributed by atoms with Crippen molar-refractivity contribution in [3.05, 3.63) is 64.8 Å². The summed E-state index contributed by atoms with van der Waals surface area (Å²) < 4.78 is 13.2. The number of aromatic nitrogens is 4. The Morgan fingerprint density at radius 1 is 1.22 bits per heavy atom. The van der Waals surface area contributed by atoms with E-state index in [1.54, 1.807) is 30.0 Å². The molecule has 166 valence electrons. The fourth-order valence-electron chi connectivity index (χ4n) is 4.33. The number of nitrogens with one attached hydrogen (secondary N) is 1. The van der Waals surface area contributed by atoms with Gasteiger partial charge in [-0.3, -0.25) is 9.59 Å². The van der Waals surface area contributed by atoms with Crippen molar-refractivity contribution in [2.75, 3.05) is 13.1 Å². The third-order valence-corrected chi connectivity index (χ3v) is 6.00. The number of fused-ring (bicyclic) bond motifs is 1. The lowest BCUT2D eigenvalue weighted by atomic mass is 9.91. The molecule has 1 aromatic carbocycles. The van der Waals surface area contributed by atoms with Crippen molar-refractivity contribution in [2.45, 2.75) is 45.1 Å². The molecule has 0 radical (unpaired) electrons. The average molecular weight is 436 g/mol. The molecule has 4 heterocycles. The van der Waals surface area contributed by atoms with Crippen LogP contribution in [0.2, 0.25) is 0 Å². The number of ether oxygens (including phenoxy) is 1. The van der Waals surface area contributed by atoms with E-state index in [0.29, 0.717) is 49.0 Å². The molecule has 0 aliphatic carbocycles. The second-order valence-corrected chi connectivity index (χ2v) is 8.31. The zero-order valence-corrected chi connectivity index (χ0v) is 17.8. The van der Waals surface area contributed by atoms with Gasteiger partial charge in [0.2, 0.25) is 0 Å². The first-order valence-electron chi connectivity index (χ1n) is 10.6. The highest BCUT2D eigenvalue weighted by molar-refractivity contribution is 5.94. The lowest BCUT2D eigenvalue weighted by Gasteiger charge is -2.44. The highest BCUT2D eigenvalue weighted by atomic mass is 16.5. The van der Waals surface area contributed by atoms with Gasteiger partial charge in [-0.2, -0.15) is 0 Å². The van der Waals surface area contributed by atoms with Crippen LogP contribution in [0.15, 0.2) is 40.9 Å². The molecular formula is C22H24N6O4. The van der Waals surface area contributed by atoms with Crippen LogP contribution < -0.4 is 5.32 Å². The van der Waals surface area contributed by atoms with Crippen LogP contribution in [-0.4, -0.2) is 55.6 Å². The van der Waals surface area contributed by atoms with E-state index in [1.807, 2.05) is 22.9 Å². The zero-order chi connectivity index (χ0) is 22.1. The molecule has 1 atom stereocenters. The van der Waals surface area contributed by atoms with Crippen LogP contribution in [0.5, 0.6) is 0 Å². The first-order valence-corrected chi connectivity index (χ1v) is 10.6. The van der Waals surface area contributed by atoms with E-state index in [1.165, 1.54) is 0 Å². The van der Waals surface area contributed by atoms with Crippen LogP contribution in [0.1, 0.15) is 50.8 Å². The van der Waals surface area contributed by atoms with E-state index in [4.69, 9.17) is 9.26 Å². The second kappa shape index (κ2) is 8.19. The van der Waals surface area contributed by atoms with Crippen LogP contribution in [0, 0.1) is 6.92 Å². The molecule has 2 aliphatic heterocycles. The number of nitrogens with zero attached hydrogens (tertiary/aromatic N) is 5. The largest absolute Gasteiger partial charge is 0.365 e. The van der Waals surface area contributed by atoms with Crippen molar-refractivity contribution in [2.24, 2.45) is 0 Å². The molecule has 2 aliphatic rings. The van der Waals surface area contributed by atoms with Gasteiger partial charge in [-0.05, 0) is 31.9 Å². The van der Waals surface area contributed by atoms with E-state index in [9.17, 15) is 9.59 Å².